The van der Waals surface area contributed by atoms with E-state index in [-0.39, 0.29) is 24.2 Å². The molecule has 1 unspecified atom stereocenters. The van der Waals surface area contributed by atoms with Gasteiger partial charge in [0, 0.05) is 25.1 Å². The number of halogens is 1. The second-order valence-electron chi connectivity index (χ2n) is 5.73. The third-order valence-electron chi connectivity index (χ3n) is 4.15. The van der Waals surface area contributed by atoms with Crippen molar-refractivity contribution in [3.8, 4) is 0 Å². The number of hydrogen-bond donors (Lipinski definition) is 2. The third-order valence-corrected chi connectivity index (χ3v) is 4.15. The minimum Gasteiger partial charge on any atom is -0.441 e. The number of benzene rings is 1. The van der Waals surface area contributed by atoms with Crippen LogP contribution >= 0.6 is 12.4 Å². The molecule has 6 nitrogen and oxygen atoms in total. The topological polar surface area (TPSA) is 76.4 Å². The normalized spacial score (nSPS) is 15.7. The van der Waals surface area contributed by atoms with Crippen LogP contribution in [0.25, 0.3) is 11.1 Å². The van der Waals surface area contributed by atoms with Crippen LogP contribution < -0.4 is 10.6 Å². The highest BCUT2D eigenvalue weighted by atomic mass is 35.5. The Morgan fingerprint density at radius 1 is 1.52 bits per heavy atom. The summed E-state index contributed by atoms with van der Waals surface area (Å²) in [6.45, 7) is 4.38. The van der Waals surface area contributed by atoms with E-state index in [1.54, 1.807) is 7.11 Å². The van der Waals surface area contributed by atoms with E-state index < -0.39 is 0 Å². The Balaban J connectivity index is 0.00000192. The number of nitrogens with zero attached hydrogens (tertiary/aromatic N) is 1. The minimum atomic E-state index is 0. The average Bonchev–Trinajstić information content (AvgIpc) is 2.85. The number of oxazole rings is 1. The lowest BCUT2D eigenvalue weighted by atomic mass is 9.88. The van der Waals surface area contributed by atoms with Gasteiger partial charge in [0.15, 0.2) is 11.5 Å². The molecule has 1 saturated heterocycles. The largest absolute Gasteiger partial charge is 0.441 e. The lowest BCUT2D eigenvalue weighted by Crippen LogP contribution is -2.48. The van der Waals surface area contributed by atoms with E-state index >= 15 is 0 Å². The Bertz CT molecular complexity index is 670. The Kier molecular flexibility index (Phi) is 5.98. The summed E-state index contributed by atoms with van der Waals surface area (Å²) in [5.41, 5.74) is 2.23. The van der Waals surface area contributed by atoms with Crippen molar-refractivity contribution in [1.29, 1.82) is 0 Å². The van der Waals surface area contributed by atoms with Crippen LogP contribution in [-0.2, 0) is 16.0 Å². The van der Waals surface area contributed by atoms with Gasteiger partial charge in [0.25, 0.3) is 0 Å². The smallest absolute Gasteiger partial charge is 0.227 e. The van der Waals surface area contributed by atoms with Gasteiger partial charge >= 0.3 is 0 Å². The van der Waals surface area contributed by atoms with Crippen LogP contribution in [0.4, 0.5) is 5.69 Å². The molecule has 2 aromatic rings. The predicted octanol–water partition coefficient (Wildman–Crippen LogP) is 2.23. The van der Waals surface area contributed by atoms with Gasteiger partial charge in [0.1, 0.15) is 5.52 Å². The van der Waals surface area contributed by atoms with Gasteiger partial charge in [-0.1, -0.05) is 6.92 Å². The lowest BCUT2D eigenvalue weighted by molar-refractivity contribution is -0.121. The third kappa shape index (κ3) is 4.02. The molecular weight excluding hydrogens is 318 g/mol. The average molecular weight is 340 g/mol. The molecule has 1 amide bonds. The second kappa shape index (κ2) is 7.77. The van der Waals surface area contributed by atoms with Gasteiger partial charge in [-0.05, 0) is 37.2 Å². The molecule has 1 aliphatic rings. The molecule has 0 spiro atoms. The maximum Gasteiger partial charge on any atom is 0.227 e. The Morgan fingerprint density at radius 3 is 2.96 bits per heavy atom. The van der Waals surface area contributed by atoms with E-state index in [1.807, 2.05) is 25.1 Å². The molecule has 126 valence electrons. The SMILES string of the molecule is COCCc1nc2cc(NC(=O)C(C)C3CNC3)ccc2o1.Cl. The number of fused-ring (bicyclic) bond motifs is 1. The highest BCUT2D eigenvalue weighted by Crippen LogP contribution is 2.22. The van der Waals surface area contributed by atoms with Gasteiger partial charge in [-0.25, -0.2) is 4.98 Å². The van der Waals surface area contributed by atoms with E-state index in [0.717, 1.165) is 29.9 Å². The van der Waals surface area contributed by atoms with Gasteiger partial charge in [-0.2, -0.15) is 0 Å². The fourth-order valence-corrected chi connectivity index (χ4v) is 2.48. The predicted molar refractivity (Wildman–Crippen MR) is 91.0 cm³/mol. The van der Waals surface area contributed by atoms with Crippen molar-refractivity contribution in [3.63, 3.8) is 0 Å². The maximum absolute atomic E-state index is 12.2. The van der Waals surface area contributed by atoms with Crippen molar-refractivity contribution >= 4 is 35.1 Å². The monoisotopic (exact) mass is 339 g/mol. The molecule has 2 N–H and O–H groups in total. The summed E-state index contributed by atoms with van der Waals surface area (Å²) in [5, 5.41) is 6.15. The first-order valence-electron chi connectivity index (χ1n) is 7.57. The van der Waals surface area contributed by atoms with Gasteiger partial charge in [-0.15, -0.1) is 12.4 Å². The second-order valence-corrected chi connectivity index (χ2v) is 5.73. The number of amides is 1. The van der Waals surface area contributed by atoms with Crippen LogP contribution in [0.5, 0.6) is 0 Å². The molecular formula is C16H22ClN3O3. The number of carbonyl (C=O) groups excluding carboxylic acids is 1. The van der Waals surface area contributed by atoms with Crippen LogP contribution in [0.1, 0.15) is 12.8 Å². The molecule has 0 radical (unpaired) electrons. The number of carbonyl (C=O) groups is 1. The van der Waals surface area contributed by atoms with Crippen LogP contribution in [0.3, 0.4) is 0 Å². The van der Waals surface area contributed by atoms with Crippen LogP contribution in [0, 0.1) is 11.8 Å². The number of rotatable bonds is 6. The molecule has 1 aromatic carbocycles. The first kappa shape index (κ1) is 17.7. The van der Waals surface area contributed by atoms with Gasteiger partial charge in [0.05, 0.1) is 6.61 Å². The van der Waals surface area contributed by atoms with Gasteiger partial charge < -0.3 is 19.8 Å². The number of anilines is 1. The molecule has 1 aliphatic heterocycles. The maximum atomic E-state index is 12.2. The molecule has 1 aromatic heterocycles. The molecule has 23 heavy (non-hydrogen) atoms. The molecule has 1 atom stereocenters. The molecule has 2 heterocycles. The molecule has 7 heteroatoms. The standard InChI is InChI=1S/C16H21N3O3.ClH/c1-10(11-8-17-9-11)16(20)18-12-3-4-14-13(7-12)19-15(22-14)5-6-21-2;/h3-4,7,10-11,17H,5-6,8-9H2,1-2H3,(H,18,20);1H. The van der Waals surface area contributed by atoms with Crippen LogP contribution in [-0.4, -0.2) is 37.7 Å². The van der Waals surface area contributed by atoms with E-state index in [9.17, 15) is 4.79 Å². The summed E-state index contributed by atoms with van der Waals surface area (Å²) in [7, 11) is 1.65. The summed E-state index contributed by atoms with van der Waals surface area (Å²) < 4.78 is 10.7. The number of nitrogens with one attached hydrogen (secondary N) is 2. The zero-order chi connectivity index (χ0) is 15.5. The number of aromatic nitrogens is 1. The van der Waals surface area contributed by atoms with E-state index in [0.29, 0.717) is 24.8 Å². The Morgan fingerprint density at radius 2 is 2.30 bits per heavy atom. The molecule has 0 aliphatic carbocycles. The number of ether oxygens (including phenoxy) is 1. The van der Waals surface area contributed by atoms with E-state index in [1.165, 1.54) is 0 Å². The number of hydrogen-bond acceptors (Lipinski definition) is 5. The fraction of sp³-hybridized carbons (Fsp3) is 0.500. The fourth-order valence-electron chi connectivity index (χ4n) is 2.48. The lowest BCUT2D eigenvalue weighted by Gasteiger charge is -2.31. The van der Waals surface area contributed by atoms with Gasteiger partial charge in [0.2, 0.25) is 5.91 Å². The summed E-state index contributed by atoms with van der Waals surface area (Å²) in [4.78, 5) is 16.6. The summed E-state index contributed by atoms with van der Waals surface area (Å²) in [6.07, 6.45) is 0.637. The van der Waals surface area contributed by atoms with Gasteiger partial charge in [-0.3, -0.25) is 4.79 Å². The first-order chi connectivity index (χ1) is 10.7. The highest BCUT2D eigenvalue weighted by molar-refractivity contribution is 5.94. The van der Waals surface area contributed by atoms with Crippen molar-refractivity contribution < 1.29 is 13.9 Å². The van der Waals surface area contributed by atoms with Crippen molar-refractivity contribution in [2.75, 3.05) is 32.1 Å². The van der Waals surface area contributed by atoms with E-state index in [2.05, 4.69) is 15.6 Å². The Hall–Kier alpha value is -1.63. The first-order valence-corrected chi connectivity index (χ1v) is 7.57. The molecule has 0 bridgehead atoms. The molecule has 1 fully saturated rings. The van der Waals surface area contributed by atoms with Crippen molar-refractivity contribution in [2.24, 2.45) is 11.8 Å². The zero-order valence-electron chi connectivity index (χ0n) is 13.3. The zero-order valence-corrected chi connectivity index (χ0v) is 14.1. The molecule has 3 rings (SSSR count). The highest BCUT2D eigenvalue weighted by Gasteiger charge is 2.28. The summed E-state index contributed by atoms with van der Waals surface area (Å²) >= 11 is 0. The van der Waals surface area contributed by atoms with Crippen molar-refractivity contribution in [3.05, 3.63) is 24.1 Å². The summed E-state index contributed by atoms with van der Waals surface area (Å²) in [6, 6.07) is 5.53. The Labute approximate surface area is 141 Å². The minimum absolute atomic E-state index is 0. The van der Waals surface area contributed by atoms with Crippen molar-refractivity contribution in [1.82, 2.24) is 10.3 Å². The number of methoxy groups -OCH3 is 1. The van der Waals surface area contributed by atoms with Crippen LogP contribution in [0.2, 0.25) is 0 Å². The van der Waals surface area contributed by atoms with Crippen LogP contribution in [0.15, 0.2) is 22.6 Å². The van der Waals surface area contributed by atoms with E-state index in [4.69, 9.17) is 9.15 Å². The summed E-state index contributed by atoms with van der Waals surface area (Å²) in [5.74, 6) is 1.13. The molecule has 0 saturated carbocycles. The quantitative estimate of drug-likeness (QED) is 0.844. The van der Waals surface area contributed by atoms with Crippen molar-refractivity contribution in [2.45, 2.75) is 13.3 Å².